The number of Topliss-reactive ketones (excluding diaryl/α,β-unsaturated/α-hetero) is 1. The Hall–Kier alpha value is -2.65. The largest absolute Gasteiger partial charge is 0.444 e. The summed E-state index contributed by atoms with van der Waals surface area (Å²) in [5, 5.41) is 5.42. The summed E-state index contributed by atoms with van der Waals surface area (Å²) in [6, 6.07) is -2.82. The Morgan fingerprint density at radius 2 is 1.64 bits per heavy atom. The molecule has 4 amide bonds. The van der Waals surface area contributed by atoms with Crippen molar-refractivity contribution in [2.24, 2.45) is 28.4 Å². The molecule has 0 aromatic rings. The second kappa shape index (κ2) is 10.4. The molecule has 4 N–H and O–H groups in total. The van der Waals surface area contributed by atoms with E-state index in [0.717, 1.165) is 6.42 Å². The molecule has 0 spiro atoms. The van der Waals surface area contributed by atoms with Crippen LogP contribution in [0.2, 0.25) is 0 Å². The average Bonchev–Trinajstić information content (AvgIpc) is 3.03. The summed E-state index contributed by atoms with van der Waals surface area (Å²) in [7, 11) is 0. The first kappa shape index (κ1) is 29.6. The van der Waals surface area contributed by atoms with Crippen LogP contribution in [0.3, 0.4) is 0 Å². The molecule has 204 valence electrons. The molecule has 10 nitrogen and oxygen atoms in total. The third-order valence-electron chi connectivity index (χ3n) is 7.08. The second-order valence-electron chi connectivity index (χ2n) is 12.9. The Bertz CT molecular complexity index is 901. The fourth-order valence-corrected chi connectivity index (χ4v) is 5.60. The van der Waals surface area contributed by atoms with Gasteiger partial charge in [0.15, 0.2) is 0 Å². The van der Waals surface area contributed by atoms with E-state index < -0.39 is 52.8 Å². The van der Waals surface area contributed by atoms with Gasteiger partial charge in [-0.15, -0.1) is 0 Å². The van der Waals surface area contributed by atoms with Crippen LogP contribution in [0.25, 0.3) is 0 Å². The highest BCUT2D eigenvalue weighted by Crippen LogP contribution is 2.57. The lowest BCUT2D eigenvalue weighted by molar-refractivity contribution is -0.145. The first-order valence-electron chi connectivity index (χ1n) is 12.7. The highest BCUT2D eigenvalue weighted by Gasteiger charge is 2.61. The minimum atomic E-state index is -1.11. The molecule has 2 rings (SSSR count). The fraction of sp³-hybridized carbons (Fsp3) is 0.808. The van der Waals surface area contributed by atoms with E-state index in [2.05, 4.69) is 24.5 Å². The Labute approximate surface area is 214 Å². The van der Waals surface area contributed by atoms with E-state index in [-0.39, 0.29) is 29.6 Å². The number of rotatable bonds is 8. The van der Waals surface area contributed by atoms with Crippen LogP contribution in [0.15, 0.2) is 0 Å². The monoisotopic (exact) mass is 508 g/mol. The lowest BCUT2D eigenvalue weighted by Gasteiger charge is -2.49. The van der Waals surface area contributed by atoms with Crippen molar-refractivity contribution in [3.05, 3.63) is 0 Å². The first-order valence-corrected chi connectivity index (χ1v) is 12.7. The smallest absolute Gasteiger partial charge is 0.408 e. The van der Waals surface area contributed by atoms with E-state index in [9.17, 15) is 24.0 Å². The number of amides is 4. The topological polar surface area (TPSA) is 148 Å². The van der Waals surface area contributed by atoms with E-state index in [1.807, 2.05) is 27.7 Å². The van der Waals surface area contributed by atoms with Crippen molar-refractivity contribution in [1.29, 1.82) is 0 Å². The average molecular weight is 509 g/mol. The Kier molecular flexibility index (Phi) is 8.53. The van der Waals surface area contributed by atoms with Crippen molar-refractivity contribution >= 4 is 29.6 Å². The Morgan fingerprint density at radius 3 is 2.08 bits per heavy atom. The van der Waals surface area contributed by atoms with Gasteiger partial charge < -0.3 is 26.0 Å². The number of hydrogen-bond donors (Lipinski definition) is 3. The molecule has 0 aromatic heterocycles. The number of nitrogens with zero attached hydrogens (tertiary/aromatic N) is 1. The number of alkyl carbamates (subject to hydrolysis) is 1. The molecule has 0 bridgehead atoms. The van der Waals surface area contributed by atoms with Gasteiger partial charge in [0.25, 0.3) is 5.91 Å². The van der Waals surface area contributed by atoms with Gasteiger partial charge in [0, 0.05) is 6.54 Å². The molecule has 1 unspecified atom stereocenters. The van der Waals surface area contributed by atoms with Gasteiger partial charge in [-0.2, -0.15) is 0 Å². The molecule has 36 heavy (non-hydrogen) atoms. The third kappa shape index (κ3) is 6.56. The molecule has 0 aromatic carbocycles. The minimum Gasteiger partial charge on any atom is -0.444 e. The number of likely N-dealkylation sites (tertiary alicyclic amines) is 1. The summed E-state index contributed by atoms with van der Waals surface area (Å²) in [6.45, 7) is 17.0. The van der Waals surface area contributed by atoms with Gasteiger partial charge in [-0.25, -0.2) is 4.79 Å². The molecule has 1 saturated heterocycles. The van der Waals surface area contributed by atoms with Crippen LogP contribution in [0.1, 0.15) is 81.6 Å². The lowest BCUT2D eigenvalue weighted by Crippen LogP contribution is -2.61. The van der Waals surface area contributed by atoms with E-state index >= 15 is 0 Å². The van der Waals surface area contributed by atoms with E-state index in [4.69, 9.17) is 10.5 Å². The van der Waals surface area contributed by atoms with Gasteiger partial charge >= 0.3 is 6.09 Å². The molecule has 10 heteroatoms. The summed E-state index contributed by atoms with van der Waals surface area (Å²) in [4.78, 5) is 65.5. The van der Waals surface area contributed by atoms with Crippen molar-refractivity contribution in [2.45, 2.75) is 105 Å². The maximum atomic E-state index is 13.9. The zero-order valence-corrected chi connectivity index (χ0v) is 23.2. The normalized spacial score (nSPS) is 24.6. The SMILES string of the molecule is CCCC(NC(=O)[C@@H]1[C@@H]2[C@H](CN1C(=O)[C@@H](NC(=O)OC(C)(C)C)C(C)(C)C)CC2(C)C)C(=O)C(N)=O. The van der Waals surface area contributed by atoms with E-state index in [1.54, 1.807) is 20.8 Å². The number of nitrogens with two attached hydrogens (primary N) is 1. The number of ketones is 1. The Morgan fingerprint density at radius 1 is 1.06 bits per heavy atom. The second-order valence-corrected chi connectivity index (χ2v) is 12.9. The van der Waals surface area contributed by atoms with E-state index in [0.29, 0.717) is 13.0 Å². The van der Waals surface area contributed by atoms with Crippen LogP contribution in [0.4, 0.5) is 4.79 Å². The van der Waals surface area contributed by atoms with Crippen molar-refractivity contribution in [2.75, 3.05) is 6.54 Å². The predicted octanol–water partition coefficient (Wildman–Crippen LogP) is 2.14. The molecule has 1 aliphatic heterocycles. The van der Waals surface area contributed by atoms with Crippen LogP contribution >= 0.6 is 0 Å². The van der Waals surface area contributed by atoms with Gasteiger partial charge in [-0.3, -0.25) is 19.2 Å². The third-order valence-corrected chi connectivity index (χ3v) is 7.08. The Balaban J connectivity index is 2.37. The number of ether oxygens (including phenoxy) is 1. The number of fused-ring (bicyclic) bond motifs is 1. The van der Waals surface area contributed by atoms with Crippen molar-refractivity contribution < 1.29 is 28.7 Å². The van der Waals surface area contributed by atoms with Gasteiger partial charge in [0.1, 0.15) is 17.7 Å². The lowest BCUT2D eigenvalue weighted by atomic mass is 9.55. The molecule has 1 heterocycles. The summed E-state index contributed by atoms with van der Waals surface area (Å²) in [5.41, 5.74) is 3.60. The molecule has 2 fully saturated rings. The molecule has 5 atom stereocenters. The highest BCUT2D eigenvalue weighted by molar-refractivity contribution is 6.37. The number of carbonyl (C=O) groups excluding carboxylic acids is 5. The molecule has 2 aliphatic rings. The summed E-state index contributed by atoms with van der Waals surface area (Å²) in [5.74, 6) is -2.82. The predicted molar refractivity (Wildman–Crippen MR) is 135 cm³/mol. The first-order chi connectivity index (χ1) is 16.3. The summed E-state index contributed by atoms with van der Waals surface area (Å²) >= 11 is 0. The number of carbonyl (C=O) groups is 5. The molecule has 0 radical (unpaired) electrons. The summed E-state index contributed by atoms with van der Waals surface area (Å²) < 4.78 is 5.39. The number of primary amides is 1. The van der Waals surface area contributed by atoms with Gasteiger partial charge in [0.05, 0.1) is 6.04 Å². The molecule has 1 aliphatic carbocycles. The molecular weight excluding hydrogens is 464 g/mol. The number of hydrogen-bond acceptors (Lipinski definition) is 6. The van der Waals surface area contributed by atoms with Gasteiger partial charge in [-0.05, 0) is 56.3 Å². The standard InChI is InChI=1S/C26H44N4O6/c1-10-11-15(18(31)20(27)32)28-21(33)17-16-14(12-26(16,8)9)13-30(17)22(34)19(24(2,3)4)29-23(35)36-25(5,6)7/h14-17,19H,10-13H2,1-9H3,(H2,27,32)(H,28,33)(H,29,35)/t14-,15?,16-,17-,19+/m0/s1. The summed E-state index contributed by atoms with van der Waals surface area (Å²) in [6.07, 6.45) is 0.954. The van der Waals surface area contributed by atoms with Crippen LogP contribution in [0.5, 0.6) is 0 Å². The number of nitrogens with one attached hydrogen (secondary N) is 2. The van der Waals surface area contributed by atoms with Crippen molar-refractivity contribution in [3.63, 3.8) is 0 Å². The van der Waals surface area contributed by atoms with Gasteiger partial charge in [-0.1, -0.05) is 48.0 Å². The minimum absolute atomic E-state index is 0.116. The van der Waals surface area contributed by atoms with Crippen LogP contribution in [-0.4, -0.2) is 64.8 Å². The molecular formula is C26H44N4O6. The van der Waals surface area contributed by atoms with Crippen molar-refractivity contribution in [3.8, 4) is 0 Å². The zero-order chi connectivity index (χ0) is 27.8. The maximum Gasteiger partial charge on any atom is 0.408 e. The zero-order valence-electron chi connectivity index (χ0n) is 23.2. The van der Waals surface area contributed by atoms with Crippen LogP contribution < -0.4 is 16.4 Å². The quantitative estimate of drug-likeness (QED) is 0.428. The van der Waals surface area contributed by atoms with E-state index in [1.165, 1.54) is 4.90 Å². The fourth-order valence-electron chi connectivity index (χ4n) is 5.60. The highest BCUT2D eigenvalue weighted by atomic mass is 16.6. The van der Waals surface area contributed by atoms with Crippen LogP contribution in [-0.2, 0) is 23.9 Å². The maximum absolute atomic E-state index is 13.9. The molecule has 1 saturated carbocycles. The van der Waals surface area contributed by atoms with Gasteiger partial charge in [0.2, 0.25) is 17.6 Å². The van der Waals surface area contributed by atoms with Crippen molar-refractivity contribution in [1.82, 2.24) is 15.5 Å². The van der Waals surface area contributed by atoms with Crippen LogP contribution in [0, 0.1) is 22.7 Å².